The second kappa shape index (κ2) is 1.81. The average Bonchev–Trinajstić information content (AvgIpc) is 1.72. The molecule has 3 radical (unpaired) electrons. The van der Waals surface area contributed by atoms with E-state index in [4.69, 9.17) is 0 Å². The lowest BCUT2D eigenvalue weighted by Crippen LogP contribution is -1.70. The van der Waals surface area contributed by atoms with Crippen molar-refractivity contribution in [2.24, 2.45) is 0 Å². The Morgan fingerprint density at radius 3 is 2.50 bits per heavy atom. The molecule has 0 unspecified atom stereocenters. The maximum absolute atomic E-state index is 2.99. The summed E-state index contributed by atoms with van der Waals surface area (Å²) >= 11 is 0. The molecular formula is C6H5. The lowest BCUT2D eigenvalue weighted by atomic mass is 10.2. The molecule has 1 aliphatic carbocycles. The summed E-state index contributed by atoms with van der Waals surface area (Å²) in [7, 11) is 0. The molecule has 29 valence electrons. The second-order valence-electron chi connectivity index (χ2n) is 1.11. The van der Waals surface area contributed by atoms with Crippen LogP contribution in [0.5, 0.6) is 0 Å². The molecule has 0 aliphatic heterocycles. The van der Waals surface area contributed by atoms with E-state index in [0.29, 0.717) is 0 Å². The van der Waals surface area contributed by atoms with Gasteiger partial charge >= 0.3 is 0 Å². The Kier molecular flexibility index (Phi) is 1.10. The van der Waals surface area contributed by atoms with E-state index in [1.165, 1.54) is 0 Å². The largest absolute Gasteiger partial charge is 0.0758 e. The van der Waals surface area contributed by atoms with E-state index < -0.39 is 0 Å². The van der Waals surface area contributed by atoms with Gasteiger partial charge in [0.15, 0.2) is 0 Å². The van der Waals surface area contributed by atoms with E-state index >= 15 is 0 Å². The third-order valence-corrected chi connectivity index (χ3v) is 0.635. The maximum atomic E-state index is 2.99. The Morgan fingerprint density at radius 2 is 2.33 bits per heavy atom. The fourth-order valence-electron chi connectivity index (χ4n) is 0.361. The number of hydrogen-bond acceptors (Lipinski definition) is 0. The van der Waals surface area contributed by atoms with Crippen LogP contribution in [0.4, 0.5) is 0 Å². The quantitative estimate of drug-likeness (QED) is 0.410. The van der Waals surface area contributed by atoms with Crippen molar-refractivity contribution in [2.45, 2.75) is 6.42 Å². The minimum atomic E-state index is 0.927. The van der Waals surface area contributed by atoms with Crippen LogP contribution in [0.1, 0.15) is 6.42 Å². The van der Waals surface area contributed by atoms with Gasteiger partial charge in [-0.1, -0.05) is 18.2 Å². The minimum Gasteiger partial charge on any atom is -0.0758 e. The van der Waals surface area contributed by atoms with Crippen LogP contribution >= 0.6 is 0 Å². The van der Waals surface area contributed by atoms with Crippen molar-refractivity contribution in [2.75, 3.05) is 0 Å². The molecule has 0 fully saturated rings. The molecule has 0 atom stereocenters. The molecule has 0 aromatic rings. The van der Waals surface area contributed by atoms with Crippen molar-refractivity contribution in [3.05, 3.63) is 30.7 Å². The van der Waals surface area contributed by atoms with Crippen LogP contribution in [-0.4, -0.2) is 0 Å². The topological polar surface area (TPSA) is 0 Å². The van der Waals surface area contributed by atoms with Gasteiger partial charge in [-0.15, -0.1) is 0 Å². The highest BCUT2D eigenvalue weighted by molar-refractivity contribution is 5.09. The summed E-state index contributed by atoms with van der Waals surface area (Å²) in [5.41, 5.74) is 0. The molecule has 6 heavy (non-hydrogen) atoms. The van der Waals surface area contributed by atoms with Crippen molar-refractivity contribution >= 4 is 0 Å². The lowest BCUT2D eigenvalue weighted by molar-refractivity contribution is 1.26. The molecule has 0 saturated carbocycles. The first-order chi connectivity index (χ1) is 3.00. The van der Waals surface area contributed by atoms with Crippen LogP contribution in [0.2, 0.25) is 0 Å². The average molecular weight is 77.1 g/mol. The molecule has 0 aromatic heterocycles. The van der Waals surface area contributed by atoms with Crippen LogP contribution in [0.25, 0.3) is 0 Å². The molecule has 0 heteroatoms. The Morgan fingerprint density at radius 1 is 1.33 bits per heavy atom. The van der Waals surface area contributed by atoms with Crippen molar-refractivity contribution in [3.63, 3.8) is 0 Å². The van der Waals surface area contributed by atoms with Crippen molar-refractivity contribution in [1.82, 2.24) is 0 Å². The predicted octanol–water partition coefficient (Wildman–Crippen LogP) is 1.39. The minimum absolute atomic E-state index is 0.927. The van der Waals surface area contributed by atoms with E-state index in [1.54, 1.807) is 0 Å². The number of allylic oxidation sites excluding steroid dienone is 4. The summed E-state index contributed by atoms with van der Waals surface area (Å²) in [6.45, 7) is 0. The van der Waals surface area contributed by atoms with Gasteiger partial charge in [-0.2, -0.15) is 0 Å². The molecule has 1 rings (SSSR count). The third kappa shape index (κ3) is 0.713. The van der Waals surface area contributed by atoms with Crippen molar-refractivity contribution < 1.29 is 0 Å². The van der Waals surface area contributed by atoms with Gasteiger partial charge in [0.05, 0.1) is 0 Å². The van der Waals surface area contributed by atoms with Crippen LogP contribution < -0.4 is 0 Å². The molecule has 0 saturated heterocycles. The number of hydrogen-bond donors (Lipinski definition) is 0. The molecule has 0 heterocycles. The number of rotatable bonds is 0. The first-order valence-corrected chi connectivity index (χ1v) is 1.96. The first kappa shape index (κ1) is 3.66. The van der Waals surface area contributed by atoms with Crippen molar-refractivity contribution in [3.8, 4) is 0 Å². The monoisotopic (exact) mass is 77.0 g/mol. The molecule has 1 aliphatic rings. The van der Waals surface area contributed by atoms with Crippen LogP contribution in [-0.2, 0) is 0 Å². The lowest BCUT2D eigenvalue weighted by Gasteiger charge is -1.86. The standard InChI is InChI=1S/C6H5/c1-2-4-6-5-3-1/h1-2,5H,6H2. The molecule has 0 aromatic carbocycles. The smallest absolute Gasteiger partial charge is 0.0125 e. The molecule has 0 bridgehead atoms. The summed E-state index contributed by atoms with van der Waals surface area (Å²) in [5, 5.41) is 0. The SMILES string of the molecule is [C]1C=C[C]=CC1. The van der Waals surface area contributed by atoms with Gasteiger partial charge in [-0.3, -0.25) is 0 Å². The van der Waals surface area contributed by atoms with Gasteiger partial charge in [0.25, 0.3) is 0 Å². The zero-order chi connectivity index (χ0) is 4.24. The fourth-order valence-corrected chi connectivity index (χ4v) is 0.361. The summed E-state index contributed by atoms with van der Waals surface area (Å²) in [6, 6.07) is 0. The van der Waals surface area contributed by atoms with E-state index in [0.717, 1.165) is 6.42 Å². The first-order valence-electron chi connectivity index (χ1n) is 1.96. The van der Waals surface area contributed by atoms with E-state index in [1.807, 2.05) is 18.2 Å². The zero-order valence-corrected chi connectivity index (χ0v) is 3.44. The highest BCUT2D eigenvalue weighted by atomic mass is 13.8. The van der Waals surface area contributed by atoms with Gasteiger partial charge in [0.1, 0.15) is 0 Å². The van der Waals surface area contributed by atoms with Crippen LogP contribution in [0, 0.1) is 12.5 Å². The molecular weight excluding hydrogens is 72.1 g/mol. The van der Waals surface area contributed by atoms with Gasteiger partial charge < -0.3 is 0 Å². The van der Waals surface area contributed by atoms with Gasteiger partial charge in [0, 0.05) is 6.42 Å². The summed E-state index contributed by atoms with van der Waals surface area (Å²) in [6.07, 6.45) is 12.5. The van der Waals surface area contributed by atoms with E-state index in [2.05, 4.69) is 12.5 Å². The summed E-state index contributed by atoms with van der Waals surface area (Å²) in [5.74, 6) is 0. The Labute approximate surface area is 38.2 Å². The Balaban J connectivity index is 2.46. The Bertz CT molecular complexity index is 66.0. The highest BCUT2D eigenvalue weighted by Crippen LogP contribution is 1.95. The molecule has 0 spiro atoms. The van der Waals surface area contributed by atoms with E-state index in [-0.39, 0.29) is 0 Å². The Hall–Kier alpha value is -0.520. The summed E-state index contributed by atoms with van der Waals surface area (Å²) < 4.78 is 0. The third-order valence-electron chi connectivity index (χ3n) is 0.635. The zero-order valence-electron chi connectivity index (χ0n) is 3.44. The van der Waals surface area contributed by atoms with E-state index in [9.17, 15) is 0 Å². The molecule has 0 nitrogen and oxygen atoms in total. The van der Waals surface area contributed by atoms with Gasteiger partial charge in [-0.25, -0.2) is 0 Å². The maximum Gasteiger partial charge on any atom is 0.0125 e. The summed E-state index contributed by atoms with van der Waals surface area (Å²) in [4.78, 5) is 0. The fraction of sp³-hybridized carbons (Fsp3) is 0.167. The van der Waals surface area contributed by atoms with Crippen LogP contribution in [0.3, 0.4) is 0 Å². The van der Waals surface area contributed by atoms with Gasteiger partial charge in [-0.05, 0) is 12.5 Å². The predicted molar refractivity (Wildman–Crippen MR) is 24.8 cm³/mol. The molecule has 0 N–H and O–H groups in total. The normalized spacial score (nSPS) is 18.7. The second-order valence-corrected chi connectivity index (χ2v) is 1.11. The van der Waals surface area contributed by atoms with Crippen LogP contribution in [0.15, 0.2) is 18.2 Å². The van der Waals surface area contributed by atoms with Crippen molar-refractivity contribution in [1.29, 1.82) is 0 Å². The highest BCUT2D eigenvalue weighted by Gasteiger charge is 1.79. The van der Waals surface area contributed by atoms with Gasteiger partial charge in [0.2, 0.25) is 0 Å². The molecule has 0 amide bonds.